The molecule has 2 aromatic heterocycles. The van der Waals surface area contributed by atoms with Crippen molar-refractivity contribution < 1.29 is 23.0 Å². The van der Waals surface area contributed by atoms with Crippen LogP contribution in [0.2, 0.25) is 0 Å². The molecule has 1 unspecified atom stereocenters. The molecule has 1 aliphatic heterocycles. The Balaban J connectivity index is 1.92. The van der Waals surface area contributed by atoms with Crippen LogP contribution in [-0.2, 0) is 9.47 Å². The summed E-state index contributed by atoms with van der Waals surface area (Å²) in [7, 11) is 1.47. The monoisotopic (exact) mass is 353 g/mol. The maximum absolute atomic E-state index is 13.7. The first-order chi connectivity index (χ1) is 12.0. The summed E-state index contributed by atoms with van der Waals surface area (Å²) in [5.41, 5.74) is -0.215. The van der Waals surface area contributed by atoms with Crippen molar-refractivity contribution >= 4 is 11.6 Å². The fourth-order valence-electron chi connectivity index (χ4n) is 2.63. The van der Waals surface area contributed by atoms with Gasteiger partial charge in [0.25, 0.3) is 12.3 Å². The summed E-state index contributed by atoms with van der Waals surface area (Å²) in [4.78, 5) is 13.9. The highest BCUT2D eigenvalue weighted by molar-refractivity contribution is 6.06. The molecule has 0 radical (unpaired) electrons. The van der Waals surface area contributed by atoms with Crippen LogP contribution in [0.3, 0.4) is 0 Å². The Hall–Kier alpha value is -2.46. The molecule has 25 heavy (non-hydrogen) atoms. The third-order valence-electron chi connectivity index (χ3n) is 3.96. The van der Waals surface area contributed by atoms with Gasteiger partial charge in [0.15, 0.2) is 6.29 Å². The van der Waals surface area contributed by atoms with Gasteiger partial charge in [0, 0.05) is 7.05 Å². The third-order valence-corrected chi connectivity index (χ3v) is 3.96. The summed E-state index contributed by atoms with van der Waals surface area (Å²) in [6, 6.07) is 0.959. The van der Waals surface area contributed by atoms with Crippen molar-refractivity contribution in [3.63, 3.8) is 0 Å². The predicted octanol–water partition coefficient (Wildman–Crippen LogP) is 1.82. The smallest absolute Gasteiger partial charge is 0.280 e. The minimum atomic E-state index is -2.88. The van der Waals surface area contributed by atoms with Crippen molar-refractivity contribution in [2.24, 2.45) is 0 Å². The summed E-state index contributed by atoms with van der Waals surface area (Å²) < 4.78 is 39.1. The van der Waals surface area contributed by atoms with Crippen LogP contribution in [-0.4, -0.2) is 52.4 Å². The van der Waals surface area contributed by atoms with Crippen molar-refractivity contribution in [1.82, 2.24) is 20.0 Å². The van der Waals surface area contributed by atoms with E-state index in [0.29, 0.717) is 18.9 Å². The fraction of sp³-hybridized carbons (Fsp3) is 0.467. The van der Waals surface area contributed by atoms with E-state index in [0.717, 1.165) is 10.9 Å². The molecule has 0 saturated carbocycles. The van der Waals surface area contributed by atoms with Gasteiger partial charge in [0.1, 0.15) is 11.7 Å². The third kappa shape index (κ3) is 3.35. The number of anilines is 1. The van der Waals surface area contributed by atoms with Gasteiger partial charge in [0.05, 0.1) is 43.1 Å². The Bertz CT molecular complexity index is 734. The van der Waals surface area contributed by atoms with Crippen molar-refractivity contribution in [3.8, 4) is 0 Å². The number of nitrogens with zero attached hydrogens (tertiary/aromatic N) is 5. The quantitative estimate of drug-likeness (QED) is 0.815. The molecule has 0 bridgehead atoms. The van der Waals surface area contributed by atoms with Gasteiger partial charge in [-0.15, -0.1) is 0 Å². The Labute approximate surface area is 142 Å². The number of amides is 1. The van der Waals surface area contributed by atoms with E-state index >= 15 is 0 Å². The van der Waals surface area contributed by atoms with E-state index in [1.165, 1.54) is 24.3 Å². The standard InChI is InChI=1S/C15H17F2N5O3/c1-9(15-24-5-6-25-15)22-12(13(16)17)11(8-20-22)14(23)21(2)10-3-4-18-19-7-10/h3-4,7-9,13,15H,5-6H2,1-2H3. The van der Waals surface area contributed by atoms with Crippen LogP contribution < -0.4 is 4.90 Å². The first-order valence-electron chi connectivity index (χ1n) is 7.64. The van der Waals surface area contributed by atoms with Gasteiger partial charge < -0.3 is 14.4 Å². The lowest BCUT2D eigenvalue weighted by atomic mass is 10.2. The minimum absolute atomic E-state index is 0.181. The van der Waals surface area contributed by atoms with E-state index in [4.69, 9.17) is 9.47 Å². The van der Waals surface area contributed by atoms with Crippen LogP contribution in [0.4, 0.5) is 14.5 Å². The second kappa shape index (κ2) is 7.19. The predicted molar refractivity (Wildman–Crippen MR) is 82.4 cm³/mol. The van der Waals surface area contributed by atoms with Crippen molar-refractivity contribution in [3.05, 3.63) is 35.9 Å². The molecule has 1 aliphatic rings. The molecule has 1 atom stereocenters. The Morgan fingerprint density at radius 1 is 1.32 bits per heavy atom. The van der Waals surface area contributed by atoms with E-state index in [1.54, 1.807) is 13.0 Å². The topological polar surface area (TPSA) is 82.4 Å². The zero-order chi connectivity index (χ0) is 18.0. The van der Waals surface area contributed by atoms with Crippen LogP contribution >= 0.6 is 0 Å². The van der Waals surface area contributed by atoms with Crippen molar-refractivity contribution in [2.75, 3.05) is 25.2 Å². The highest BCUT2D eigenvalue weighted by atomic mass is 19.3. The number of halogens is 2. The number of alkyl halides is 2. The van der Waals surface area contributed by atoms with Crippen LogP contribution in [0.5, 0.6) is 0 Å². The number of aromatic nitrogens is 4. The molecule has 3 heterocycles. The number of carbonyl (C=O) groups is 1. The molecule has 3 rings (SSSR count). The number of hydrogen-bond donors (Lipinski definition) is 0. The Kier molecular flexibility index (Phi) is 5.00. The summed E-state index contributed by atoms with van der Waals surface area (Å²) in [5.74, 6) is -0.616. The molecule has 0 spiro atoms. The van der Waals surface area contributed by atoms with Gasteiger partial charge in [-0.25, -0.2) is 8.78 Å². The lowest BCUT2D eigenvalue weighted by Crippen LogP contribution is -2.29. The van der Waals surface area contributed by atoms with Gasteiger partial charge in [-0.1, -0.05) is 0 Å². The van der Waals surface area contributed by atoms with Crippen LogP contribution in [0.15, 0.2) is 24.7 Å². The molecule has 1 saturated heterocycles. The molecule has 0 aliphatic carbocycles. The second-order valence-electron chi connectivity index (χ2n) is 5.50. The number of carbonyl (C=O) groups excluding carboxylic acids is 1. The Morgan fingerprint density at radius 3 is 2.64 bits per heavy atom. The molecule has 0 N–H and O–H groups in total. The van der Waals surface area contributed by atoms with Crippen LogP contribution in [0.1, 0.15) is 35.4 Å². The van der Waals surface area contributed by atoms with Crippen molar-refractivity contribution in [2.45, 2.75) is 25.7 Å². The lowest BCUT2D eigenvalue weighted by molar-refractivity contribution is -0.0778. The normalized spacial score (nSPS) is 16.4. The van der Waals surface area contributed by atoms with Gasteiger partial charge in [-0.3, -0.25) is 9.48 Å². The minimum Gasteiger partial charge on any atom is -0.348 e. The first-order valence-corrected chi connectivity index (χ1v) is 7.64. The average Bonchev–Trinajstić information content (AvgIpc) is 3.30. The highest BCUT2D eigenvalue weighted by Gasteiger charge is 2.33. The summed E-state index contributed by atoms with van der Waals surface area (Å²) >= 11 is 0. The molecule has 2 aromatic rings. The molecule has 134 valence electrons. The fourth-order valence-corrected chi connectivity index (χ4v) is 2.63. The zero-order valence-corrected chi connectivity index (χ0v) is 13.7. The SMILES string of the molecule is CC(C1OCCO1)n1ncc(C(=O)N(C)c2ccnnc2)c1C(F)F. The van der Waals surface area contributed by atoms with Crippen LogP contribution in [0.25, 0.3) is 0 Å². The molecule has 0 aromatic carbocycles. The summed E-state index contributed by atoms with van der Waals surface area (Å²) in [6.07, 6.45) is 0.359. The van der Waals surface area contributed by atoms with Gasteiger partial charge in [0.2, 0.25) is 0 Å². The molecule has 8 nitrogen and oxygen atoms in total. The largest absolute Gasteiger partial charge is 0.348 e. The molecular weight excluding hydrogens is 336 g/mol. The molecule has 1 fully saturated rings. The van der Waals surface area contributed by atoms with E-state index in [9.17, 15) is 13.6 Å². The maximum atomic E-state index is 13.7. The molecular formula is C15H17F2N5O3. The van der Waals surface area contributed by atoms with Gasteiger partial charge in [-0.2, -0.15) is 15.3 Å². The van der Waals surface area contributed by atoms with Gasteiger partial charge >= 0.3 is 0 Å². The second-order valence-corrected chi connectivity index (χ2v) is 5.50. The van der Waals surface area contributed by atoms with E-state index in [-0.39, 0.29) is 5.56 Å². The van der Waals surface area contributed by atoms with E-state index in [2.05, 4.69) is 15.3 Å². The Morgan fingerprint density at radius 2 is 2.04 bits per heavy atom. The molecule has 10 heteroatoms. The zero-order valence-electron chi connectivity index (χ0n) is 13.7. The maximum Gasteiger partial charge on any atom is 0.280 e. The number of hydrogen-bond acceptors (Lipinski definition) is 6. The summed E-state index contributed by atoms with van der Waals surface area (Å²) in [5, 5.41) is 11.3. The lowest BCUT2D eigenvalue weighted by Gasteiger charge is -2.21. The van der Waals surface area contributed by atoms with Gasteiger partial charge in [-0.05, 0) is 13.0 Å². The molecule has 1 amide bonds. The van der Waals surface area contributed by atoms with E-state index in [1.807, 2.05) is 0 Å². The first kappa shape index (κ1) is 17.4. The highest BCUT2D eigenvalue weighted by Crippen LogP contribution is 2.30. The number of ether oxygens (including phenoxy) is 2. The van der Waals surface area contributed by atoms with E-state index < -0.39 is 30.4 Å². The van der Waals surface area contributed by atoms with Crippen molar-refractivity contribution in [1.29, 1.82) is 0 Å². The number of rotatable bonds is 5. The van der Waals surface area contributed by atoms with Crippen LogP contribution in [0, 0.1) is 0 Å². The summed E-state index contributed by atoms with van der Waals surface area (Å²) in [6.45, 7) is 2.44. The average molecular weight is 353 g/mol.